The molecule has 4 rings (SSSR count). The fraction of sp³-hybridized carbons (Fsp3) is 0.556. The number of rotatable bonds is 1. The van der Waals surface area contributed by atoms with Crippen LogP contribution in [0.4, 0.5) is 9.18 Å². The largest absolute Gasteiger partial charge is 0.465 e. The molecule has 3 aliphatic rings. The summed E-state index contributed by atoms with van der Waals surface area (Å²) in [5.74, 6) is -0.878. The number of carbonyl (C=O) groups is 2. The molecule has 0 spiro atoms. The first-order valence-electron chi connectivity index (χ1n) is 8.80. The molecule has 1 N–H and O–H groups in total. The van der Waals surface area contributed by atoms with Gasteiger partial charge in [0.1, 0.15) is 11.9 Å². The molecule has 26 heavy (non-hydrogen) atoms. The van der Waals surface area contributed by atoms with Crippen molar-refractivity contribution in [2.75, 3.05) is 32.8 Å². The van der Waals surface area contributed by atoms with Crippen molar-refractivity contribution in [2.24, 2.45) is 0 Å². The van der Waals surface area contributed by atoms with Gasteiger partial charge >= 0.3 is 12.1 Å². The van der Waals surface area contributed by atoms with Crippen LogP contribution in [-0.2, 0) is 15.9 Å². The highest BCUT2D eigenvalue weighted by Crippen LogP contribution is 2.33. The minimum absolute atomic E-state index is 0.00760. The van der Waals surface area contributed by atoms with Crippen molar-refractivity contribution < 1.29 is 28.6 Å². The van der Waals surface area contributed by atoms with E-state index in [2.05, 4.69) is 4.90 Å². The van der Waals surface area contributed by atoms with E-state index in [4.69, 9.17) is 14.6 Å². The average molecular weight is 364 g/mol. The maximum atomic E-state index is 15.1. The Hall–Kier alpha value is -2.19. The number of benzene rings is 1. The Morgan fingerprint density at radius 3 is 2.88 bits per heavy atom. The zero-order valence-corrected chi connectivity index (χ0v) is 14.5. The van der Waals surface area contributed by atoms with Crippen molar-refractivity contribution in [3.63, 3.8) is 0 Å². The molecule has 0 aromatic heterocycles. The van der Waals surface area contributed by atoms with Gasteiger partial charge in [0.25, 0.3) is 0 Å². The average Bonchev–Trinajstić information content (AvgIpc) is 2.61. The summed E-state index contributed by atoms with van der Waals surface area (Å²) in [6, 6.07) is 3.20. The molecular formula is C18H21FN2O5. The lowest BCUT2D eigenvalue weighted by molar-refractivity contribution is -0.0877. The molecular weight excluding hydrogens is 343 g/mol. The molecule has 1 aromatic carbocycles. The molecule has 2 fully saturated rings. The molecule has 8 heteroatoms. The second kappa shape index (κ2) is 6.51. The molecule has 0 aliphatic carbocycles. The lowest BCUT2D eigenvalue weighted by atomic mass is 9.93. The van der Waals surface area contributed by atoms with Crippen LogP contribution in [0.15, 0.2) is 12.1 Å². The second-order valence-corrected chi connectivity index (χ2v) is 7.11. The third-order valence-electron chi connectivity index (χ3n) is 5.40. The number of hydrogen-bond donors (Lipinski definition) is 1. The van der Waals surface area contributed by atoms with Crippen molar-refractivity contribution in [2.45, 2.75) is 31.6 Å². The number of hydrogen-bond acceptors (Lipinski definition) is 5. The molecule has 2 saturated heterocycles. The van der Waals surface area contributed by atoms with Gasteiger partial charge in [-0.25, -0.2) is 14.0 Å². The number of amides is 1. The van der Waals surface area contributed by atoms with E-state index in [0.717, 1.165) is 0 Å². The van der Waals surface area contributed by atoms with Gasteiger partial charge in [-0.05, 0) is 13.0 Å². The van der Waals surface area contributed by atoms with Crippen molar-refractivity contribution in [1.82, 2.24) is 9.80 Å². The Morgan fingerprint density at radius 1 is 1.31 bits per heavy atom. The monoisotopic (exact) mass is 364 g/mol. The van der Waals surface area contributed by atoms with Gasteiger partial charge in [0.2, 0.25) is 0 Å². The Labute approximate surface area is 150 Å². The molecule has 0 saturated carbocycles. The Bertz CT molecular complexity index is 755. The van der Waals surface area contributed by atoms with E-state index in [1.807, 2.05) is 0 Å². The van der Waals surface area contributed by atoms with E-state index < -0.39 is 24.0 Å². The van der Waals surface area contributed by atoms with Crippen molar-refractivity contribution in [3.05, 3.63) is 34.6 Å². The van der Waals surface area contributed by atoms with E-state index in [0.29, 0.717) is 50.3 Å². The zero-order valence-electron chi connectivity index (χ0n) is 14.5. The Kier molecular flexibility index (Phi) is 4.32. The number of cyclic esters (lactones) is 1. The molecule has 0 radical (unpaired) electrons. The van der Waals surface area contributed by atoms with Crippen LogP contribution in [0.2, 0.25) is 0 Å². The third-order valence-corrected chi connectivity index (χ3v) is 5.40. The molecule has 0 bridgehead atoms. The van der Waals surface area contributed by atoms with Gasteiger partial charge in [0.05, 0.1) is 24.3 Å². The summed E-state index contributed by atoms with van der Waals surface area (Å²) in [4.78, 5) is 26.6. The van der Waals surface area contributed by atoms with Gasteiger partial charge in [0, 0.05) is 43.7 Å². The van der Waals surface area contributed by atoms with E-state index in [1.54, 1.807) is 19.1 Å². The SMILES string of the molecule is C[C@@H]1Cc2c(ccc([C@H]3CN4CCN(C(=O)O)C[C@@H]4CO3)c2F)C(=O)O1. The normalized spacial score (nSPS) is 28.9. The molecule has 140 valence electrons. The Balaban J connectivity index is 1.54. The van der Waals surface area contributed by atoms with Gasteiger partial charge < -0.3 is 19.5 Å². The molecule has 1 aromatic rings. The standard InChI is InChI=1S/C18H21FN2O5/c1-10-6-14-12(17(22)26-10)2-3-13(16(14)19)15-8-20-4-5-21(18(23)24)7-11(20)9-25-15/h2-3,10-11,15H,4-9H2,1H3,(H,23,24)/t10-,11-,15-/m1/s1. The van der Waals surface area contributed by atoms with Crippen LogP contribution in [0.25, 0.3) is 0 Å². The number of ether oxygens (including phenoxy) is 2. The zero-order chi connectivity index (χ0) is 18.4. The number of piperazine rings is 1. The van der Waals surface area contributed by atoms with Crippen LogP contribution in [0, 0.1) is 5.82 Å². The number of carboxylic acid groups (broad SMARTS) is 1. The predicted octanol–water partition coefficient (Wildman–Crippen LogP) is 1.66. The topological polar surface area (TPSA) is 79.3 Å². The molecule has 3 atom stereocenters. The van der Waals surface area contributed by atoms with E-state index in [-0.39, 0.29) is 17.7 Å². The third kappa shape index (κ3) is 2.93. The fourth-order valence-corrected chi connectivity index (χ4v) is 4.00. The summed E-state index contributed by atoms with van der Waals surface area (Å²) in [5.41, 5.74) is 1.13. The summed E-state index contributed by atoms with van der Waals surface area (Å²) in [7, 11) is 0. The highest BCUT2D eigenvalue weighted by Gasteiger charge is 2.37. The number of halogens is 1. The van der Waals surface area contributed by atoms with Crippen LogP contribution in [0.3, 0.4) is 0 Å². The van der Waals surface area contributed by atoms with E-state index in [9.17, 15) is 9.59 Å². The summed E-state index contributed by atoms with van der Waals surface area (Å²) >= 11 is 0. The molecule has 3 heterocycles. The van der Waals surface area contributed by atoms with Crippen LogP contribution in [-0.4, -0.2) is 71.9 Å². The highest BCUT2D eigenvalue weighted by molar-refractivity contribution is 5.92. The second-order valence-electron chi connectivity index (χ2n) is 7.11. The molecule has 1 amide bonds. The van der Waals surface area contributed by atoms with Crippen molar-refractivity contribution in [1.29, 1.82) is 0 Å². The lowest BCUT2D eigenvalue weighted by Crippen LogP contribution is -2.59. The number of carbonyl (C=O) groups excluding carboxylic acids is 1. The first-order chi connectivity index (χ1) is 12.4. The number of esters is 1. The van der Waals surface area contributed by atoms with Gasteiger partial charge in [0.15, 0.2) is 0 Å². The smallest absolute Gasteiger partial charge is 0.407 e. The van der Waals surface area contributed by atoms with Gasteiger partial charge in [-0.15, -0.1) is 0 Å². The van der Waals surface area contributed by atoms with E-state index in [1.165, 1.54) is 4.90 Å². The Morgan fingerprint density at radius 2 is 2.12 bits per heavy atom. The van der Waals surface area contributed by atoms with Crippen molar-refractivity contribution >= 4 is 12.1 Å². The van der Waals surface area contributed by atoms with Gasteiger partial charge in [-0.2, -0.15) is 0 Å². The maximum absolute atomic E-state index is 15.1. The fourth-order valence-electron chi connectivity index (χ4n) is 4.00. The van der Waals surface area contributed by atoms with Crippen LogP contribution >= 0.6 is 0 Å². The summed E-state index contributed by atoms with van der Waals surface area (Å²) in [5, 5.41) is 9.13. The molecule has 3 aliphatic heterocycles. The quantitative estimate of drug-likeness (QED) is 0.764. The number of fused-ring (bicyclic) bond motifs is 2. The summed E-state index contributed by atoms with van der Waals surface area (Å²) in [6.07, 6.45) is -1.34. The van der Waals surface area contributed by atoms with Crippen LogP contribution in [0.5, 0.6) is 0 Å². The first kappa shape index (κ1) is 17.2. The molecule has 0 unspecified atom stereocenters. The minimum atomic E-state index is -0.923. The number of morpholine rings is 1. The van der Waals surface area contributed by atoms with Crippen LogP contribution < -0.4 is 0 Å². The minimum Gasteiger partial charge on any atom is -0.465 e. The van der Waals surface area contributed by atoms with Gasteiger partial charge in [-0.3, -0.25) is 4.90 Å². The first-order valence-corrected chi connectivity index (χ1v) is 8.80. The maximum Gasteiger partial charge on any atom is 0.407 e. The lowest BCUT2D eigenvalue weighted by Gasteiger charge is -2.45. The van der Waals surface area contributed by atoms with Crippen molar-refractivity contribution in [3.8, 4) is 0 Å². The van der Waals surface area contributed by atoms with Gasteiger partial charge in [-0.1, -0.05) is 6.07 Å². The summed E-state index contributed by atoms with van der Waals surface area (Å²) in [6.45, 7) is 4.05. The highest BCUT2D eigenvalue weighted by atomic mass is 19.1. The van der Waals surface area contributed by atoms with Crippen LogP contribution in [0.1, 0.15) is 34.5 Å². The number of nitrogens with zero attached hydrogens (tertiary/aromatic N) is 2. The molecule has 7 nitrogen and oxygen atoms in total. The predicted molar refractivity (Wildman–Crippen MR) is 88.6 cm³/mol. The van der Waals surface area contributed by atoms with E-state index >= 15 is 4.39 Å². The summed E-state index contributed by atoms with van der Waals surface area (Å²) < 4.78 is 26.1.